The second-order valence-electron chi connectivity index (χ2n) is 6.99. The number of hydrogen-bond donors (Lipinski definition) is 1. The molecule has 1 aromatic carbocycles. The van der Waals surface area contributed by atoms with Crippen LogP contribution >= 0.6 is 0 Å². The average molecular weight is 287 g/mol. The molecular formula is C20H33N. The van der Waals surface area contributed by atoms with E-state index in [4.69, 9.17) is 0 Å². The molecule has 0 amide bonds. The Morgan fingerprint density at radius 1 is 1.10 bits per heavy atom. The summed E-state index contributed by atoms with van der Waals surface area (Å²) in [4.78, 5) is 0. The van der Waals surface area contributed by atoms with Crippen LogP contribution in [0.4, 0.5) is 0 Å². The van der Waals surface area contributed by atoms with E-state index in [2.05, 4.69) is 51.2 Å². The molecule has 1 heteroatoms. The standard InChI is InChI=1S/C20H33N/c1-5-17-9-11-18(12-10-17)20(21-6-2)14-19-13-15(3)7-8-16(19)4/h7-8,13,17-18,20-21H,5-6,9-12,14H2,1-4H3. The zero-order valence-electron chi connectivity index (χ0n) is 14.4. The summed E-state index contributed by atoms with van der Waals surface area (Å²) in [6.45, 7) is 10.1. The topological polar surface area (TPSA) is 12.0 Å². The molecule has 0 saturated heterocycles. The third-order valence-electron chi connectivity index (χ3n) is 5.45. The third kappa shape index (κ3) is 4.57. The maximum atomic E-state index is 3.78. The summed E-state index contributed by atoms with van der Waals surface area (Å²) in [6, 6.07) is 7.56. The van der Waals surface area contributed by atoms with E-state index in [-0.39, 0.29) is 0 Å². The predicted molar refractivity (Wildman–Crippen MR) is 92.8 cm³/mol. The van der Waals surface area contributed by atoms with Crippen molar-refractivity contribution in [2.75, 3.05) is 6.54 Å². The molecule has 0 spiro atoms. The summed E-state index contributed by atoms with van der Waals surface area (Å²) in [5.41, 5.74) is 4.38. The molecule has 0 heterocycles. The quantitative estimate of drug-likeness (QED) is 0.773. The molecule has 21 heavy (non-hydrogen) atoms. The highest BCUT2D eigenvalue weighted by molar-refractivity contribution is 5.31. The van der Waals surface area contributed by atoms with E-state index in [0.717, 1.165) is 18.4 Å². The molecule has 1 unspecified atom stereocenters. The van der Waals surface area contributed by atoms with Gasteiger partial charge in [0.1, 0.15) is 0 Å². The molecule has 1 nitrogen and oxygen atoms in total. The average Bonchev–Trinajstić information content (AvgIpc) is 2.50. The maximum absolute atomic E-state index is 3.78. The van der Waals surface area contributed by atoms with Crippen LogP contribution in [-0.4, -0.2) is 12.6 Å². The summed E-state index contributed by atoms with van der Waals surface area (Å²) in [7, 11) is 0. The summed E-state index contributed by atoms with van der Waals surface area (Å²) in [5, 5.41) is 3.78. The molecule has 1 saturated carbocycles. The minimum atomic E-state index is 0.660. The Morgan fingerprint density at radius 3 is 2.43 bits per heavy atom. The molecule has 0 radical (unpaired) electrons. The number of aryl methyl sites for hydroxylation is 2. The number of benzene rings is 1. The maximum Gasteiger partial charge on any atom is 0.0136 e. The lowest BCUT2D eigenvalue weighted by Gasteiger charge is -2.34. The normalized spacial score (nSPS) is 24.0. The molecule has 2 rings (SSSR count). The first-order valence-electron chi connectivity index (χ1n) is 8.93. The second-order valence-corrected chi connectivity index (χ2v) is 6.99. The molecule has 1 fully saturated rings. The van der Waals surface area contributed by atoms with Gasteiger partial charge in [-0.25, -0.2) is 0 Å². The van der Waals surface area contributed by atoms with Gasteiger partial charge in [0.05, 0.1) is 0 Å². The van der Waals surface area contributed by atoms with Crippen molar-refractivity contribution in [1.82, 2.24) is 5.32 Å². The first-order valence-corrected chi connectivity index (χ1v) is 8.93. The van der Waals surface area contributed by atoms with E-state index in [1.54, 1.807) is 5.56 Å². The van der Waals surface area contributed by atoms with Crippen LogP contribution in [-0.2, 0) is 6.42 Å². The van der Waals surface area contributed by atoms with Crippen LogP contribution in [0.15, 0.2) is 18.2 Å². The van der Waals surface area contributed by atoms with Crippen LogP contribution in [0.1, 0.15) is 62.6 Å². The van der Waals surface area contributed by atoms with Gasteiger partial charge in [0.2, 0.25) is 0 Å². The van der Waals surface area contributed by atoms with E-state index < -0.39 is 0 Å². The smallest absolute Gasteiger partial charge is 0.0136 e. The zero-order chi connectivity index (χ0) is 15.2. The molecule has 1 aromatic rings. The molecular weight excluding hydrogens is 254 g/mol. The van der Waals surface area contributed by atoms with E-state index in [1.807, 2.05) is 0 Å². The van der Waals surface area contributed by atoms with Crippen molar-refractivity contribution in [3.05, 3.63) is 34.9 Å². The number of nitrogens with one attached hydrogen (secondary N) is 1. The fourth-order valence-electron chi connectivity index (χ4n) is 3.92. The molecule has 0 bridgehead atoms. The zero-order valence-corrected chi connectivity index (χ0v) is 14.4. The monoisotopic (exact) mass is 287 g/mol. The summed E-state index contributed by atoms with van der Waals surface area (Å²) < 4.78 is 0. The second kappa shape index (κ2) is 7.98. The molecule has 1 atom stereocenters. The lowest BCUT2D eigenvalue weighted by atomic mass is 9.76. The van der Waals surface area contributed by atoms with Gasteiger partial charge in [-0.15, -0.1) is 0 Å². The SMILES string of the molecule is CCNC(Cc1cc(C)ccc1C)C1CCC(CC)CC1. The highest BCUT2D eigenvalue weighted by atomic mass is 14.9. The minimum Gasteiger partial charge on any atom is -0.314 e. The molecule has 1 aliphatic carbocycles. The van der Waals surface area contributed by atoms with Gasteiger partial charge in [0, 0.05) is 6.04 Å². The Kier molecular flexibility index (Phi) is 6.29. The van der Waals surface area contributed by atoms with Gasteiger partial charge in [0.15, 0.2) is 0 Å². The van der Waals surface area contributed by atoms with Gasteiger partial charge in [0.25, 0.3) is 0 Å². The van der Waals surface area contributed by atoms with Crippen molar-refractivity contribution in [3.63, 3.8) is 0 Å². The molecule has 1 N–H and O–H groups in total. The lowest BCUT2D eigenvalue weighted by Crippen LogP contribution is -2.39. The Balaban J connectivity index is 2.03. The van der Waals surface area contributed by atoms with Gasteiger partial charge in [-0.1, -0.05) is 56.9 Å². The van der Waals surface area contributed by atoms with Crippen LogP contribution in [0, 0.1) is 25.7 Å². The Bertz CT molecular complexity index is 429. The number of hydrogen-bond acceptors (Lipinski definition) is 1. The van der Waals surface area contributed by atoms with Gasteiger partial charge in [-0.3, -0.25) is 0 Å². The molecule has 0 aromatic heterocycles. The van der Waals surface area contributed by atoms with Crippen LogP contribution in [0.3, 0.4) is 0 Å². The molecule has 1 aliphatic rings. The highest BCUT2D eigenvalue weighted by Gasteiger charge is 2.26. The fourth-order valence-corrected chi connectivity index (χ4v) is 3.92. The van der Waals surface area contributed by atoms with Crippen molar-refractivity contribution in [3.8, 4) is 0 Å². The summed E-state index contributed by atoms with van der Waals surface area (Å²) >= 11 is 0. The first-order chi connectivity index (χ1) is 10.1. The van der Waals surface area contributed by atoms with Crippen molar-refractivity contribution in [1.29, 1.82) is 0 Å². The van der Waals surface area contributed by atoms with Crippen molar-refractivity contribution < 1.29 is 0 Å². The van der Waals surface area contributed by atoms with E-state index in [9.17, 15) is 0 Å². The number of likely N-dealkylation sites (N-methyl/N-ethyl adjacent to an activating group) is 1. The van der Waals surface area contributed by atoms with E-state index in [1.165, 1.54) is 49.7 Å². The van der Waals surface area contributed by atoms with Crippen LogP contribution in [0.5, 0.6) is 0 Å². The Hall–Kier alpha value is -0.820. The van der Waals surface area contributed by atoms with Gasteiger partial charge in [-0.05, 0) is 62.6 Å². The van der Waals surface area contributed by atoms with Gasteiger partial charge < -0.3 is 5.32 Å². The van der Waals surface area contributed by atoms with E-state index >= 15 is 0 Å². The predicted octanol–water partition coefficient (Wildman–Crippen LogP) is 5.04. The molecule has 0 aliphatic heterocycles. The summed E-state index contributed by atoms with van der Waals surface area (Å²) in [6.07, 6.45) is 8.28. The van der Waals surface area contributed by atoms with Crippen molar-refractivity contribution in [2.45, 2.75) is 72.3 Å². The third-order valence-corrected chi connectivity index (χ3v) is 5.45. The Labute approximate surface area is 131 Å². The van der Waals surface area contributed by atoms with Crippen LogP contribution in [0.25, 0.3) is 0 Å². The van der Waals surface area contributed by atoms with Crippen LogP contribution < -0.4 is 5.32 Å². The van der Waals surface area contributed by atoms with Crippen LogP contribution in [0.2, 0.25) is 0 Å². The molecule has 118 valence electrons. The van der Waals surface area contributed by atoms with Gasteiger partial charge >= 0.3 is 0 Å². The first kappa shape index (κ1) is 16.5. The minimum absolute atomic E-state index is 0.660. The highest BCUT2D eigenvalue weighted by Crippen LogP contribution is 2.33. The van der Waals surface area contributed by atoms with Crippen molar-refractivity contribution in [2.24, 2.45) is 11.8 Å². The Morgan fingerprint density at radius 2 is 1.81 bits per heavy atom. The van der Waals surface area contributed by atoms with E-state index in [0.29, 0.717) is 6.04 Å². The lowest BCUT2D eigenvalue weighted by molar-refractivity contribution is 0.218. The summed E-state index contributed by atoms with van der Waals surface area (Å²) in [5.74, 6) is 1.86. The van der Waals surface area contributed by atoms with Crippen molar-refractivity contribution >= 4 is 0 Å². The fraction of sp³-hybridized carbons (Fsp3) is 0.700. The van der Waals surface area contributed by atoms with Gasteiger partial charge in [-0.2, -0.15) is 0 Å². The number of rotatable bonds is 6. The largest absolute Gasteiger partial charge is 0.314 e.